The van der Waals surface area contributed by atoms with Gasteiger partial charge < -0.3 is 14.4 Å². The first-order chi connectivity index (χ1) is 17.8. The number of halogens is 1. The summed E-state index contributed by atoms with van der Waals surface area (Å²) in [6.45, 7) is 4.97. The topological polar surface area (TPSA) is 77.2 Å². The monoisotopic (exact) mass is 555 g/mol. The van der Waals surface area contributed by atoms with Gasteiger partial charge in [0.1, 0.15) is 18.2 Å². The van der Waals surface area contributed by atoms with Gasteiger partial charge in [0, 0.05) is 28.4 Å². The number of aliphatic carboxylic acids is 1. The van der Waals surface area contributed by atoms with E-state index in [9.17, 15) is 9.90 Å². The summed E-state index contributed by atoms with van der Waals surface area (Å²) in [6.07, 6.45) is 0. The molecule has 0 spiro atoms. The van der Waals surface area contributed by atoms with Gasteiger partial charge in [-0.2, -0.15) is 0 Å². The van der Waals surface area contributed by atoms with E-state index in [0.29, 0.717) is 18.9 Å². The SMILES string of the molecule is CC1(C)[C@H](C(=O)O)[C@H]1c1nc2cc(OCc3ccc4ccccc4n3)ccc2n1Cc1ccc(Br)cc1. The van der Waals surface area contributed by atoms with Gasteiger partial charge in [-0.1, -0.05) is 66.2 Å². The van der Waals surface area contributed by atoms with Gasteiger partial charge in [0.15, 0.2) is 0 Å². The number of ether oxygens (including phenoxy) is 1. The van der Waals surface area contributed by atoms with Crippen molar-refractivity contribution >= 4 is 43.8 Å². The van der Waals surface area contributed by atoms with Crippen LogP contribution in [0.5, 0.6) is 5.75 Å². The number of carboxylic acids is 1. The maximum atomic E-state index is 12.0. The Morgan fingerprint density at radius 1 is 1.00 bits per heavy atom. The lowest BCUT2D eigenvalue weighted by Crippen LogP contribution is -2.07. The third kappa shape index (κ3) is 4.37. The van der Waals surface area contributed by atoms with Crippen molar-refractivity contribution in [2.24, 2.45) is 11.3 Å². The smallest absolute Gasteiger partial charge is 0.307 e. The number of benzene rings is 3. The molecule has 1 aliphatic carbocycles. The van der Waals surface area contributed by atoms with Crippen molar-refractivity contribution in [3.63, 3.8) is 0 Å². The number of imidazole rings is 1. The first-order valence-corrected chi connectivity index (χ1v) is 13.1. The Morgan fingerprint density at radius 2 is 1.78 bits per heavy atom. The van der Waals surface area contributed by atoms with Gasteiger partial charge in [-0.15, -0.1) is 0 Å². The molecule has 6 rings (SSSR count). The Kier molecular flexibility index (Phi) is 5.75. The Bertz CT molecular complexity index is 1640. The predicted molar refractivity (Wildman–Crippen MR) is 147 cm³/mol. The molecule has 0 bridgehead atoms. The fourth-order valence-corrected chi connectivity index (χ4v) is 5.58. The van der Waals surface area contributed by atoms with E-state index in [2.05, 4.69) is 38.7 Å². The molecular weight excluding hydrogens is 530 g/mol. The molecule has 0 aliphatic heterocycles. The number of fused-ring (bicyclic) bond motifs is 2. The van der Waals surface area contributed by atoms with Gasteiger partial charge in [0.05, 0.1) is 28.2 Å². The van der Waals surface area contributed by atoms with Crippen LogP contribution in [0.2, 0.25) is 0 Å². The van der Waals surface area contributed by atoms with Crippen LogP contribution in [-0.2, 0) is 17.9 Å². The molecule has 1 fully saturated rings. The van der Waals surface area contributed by atoms with Crippen LogP contribution in [-0.4, -0.2) is 25.6 Å². The molecule has 2 heterocycles. The maximum absolute atomic E-state index is 12.0. The average Bonchev–Trinajstić information content (AvgIpc) is 3.31. The van der Waals surface area contributed by atoms with Gasteiger partial charge in [0.25, 0.3) is 0 Å². The normalized spacial score (nSPS) is 18.2. The standard InChI is InChI=1S/C30H26BrN3O3/c1-30(2)26(27(30)29(35)36)28-33-24-15-22(37-17-21-12-9-19-5-3-4-6-23(19)32-21)13-14-25(24)34(28)16-18-7-10-20(31)11-8-18/h3-15,26-27H,16-17H2,1-2H3,(H,35,36)/t26-,27-/m0/s1. The van der Waals surface area contributed by atoms with Gasteiger partial charge in [-0.05, 0) is 47.4 Å². The quantitative estimate of drug-likeness (QED) is 0.239. The zero-order valence-electron chi connectivity index (χ0n) is 20.6. The van der Waals surface area contributed by atoms with Crippen LogP contribution in [0.3, 0.4) is 0 Å². The molecular formula is C30H26BrN3O3. The molecule has 0 saturated heterocycles. The van der Waals surface area contributed by atoms with E-state index in [1.807, 2.05) is 74.5 Å². The highest BCUT2D eigenvalue weighted by Gasteiger charge is 2.64. The predicted octanol–water partition coefficient (Wildman–Crippen LogP) is 6.80. The molecule has 1 N–H and O–H groups in total. The van der Waals surface area contributed by atoms with Crippen molar-refractivity contribution < 1.29 is 14.6 Å². The van der Waals surface area contributed by atoms with Crippen molar-refractivity contribution in [2.75, 3.05) is 0 Å². The van der Waals surface area contributed by atoms with Crippen molar-refractivity contribution in [3.8, 4) is 5.75 Å². The highest BCUT2D eigenvalue weighted by molar-refractivity contribution is 9.10. The second-order valence-electron chi connectivity index (χ2n) is 10.2. The van der Waals surface area contributed by atoms with Gasteiger partial charge in [-0.25, -0.2) is 9.97 Å². The van der Waals surface area contributed by atoms with Crippen LogP contribution < -0.4 is 4.74 Å². The summed E-state index contributed by atoms with van der Waals surface area (Å²) in [5.41, 5.74) is 4.31. The number of nitrogens with zero attached hydrogens (tertiary/aromatic N) is 3. The number of hydrogen-bond donors (Lipinski definition) is 1. The number of carbonyl (C=O) groups is 1. The molecule has 2 aromatic heterocycles. The molecule has 7 heteroatoms. The van der Waals surface area contributed by atoms with E-state index in [1.165, 1.54) is 0 Å². The van der Waals surface area contributed by atoms with E-state index in [1.54, 1.807) is 0 Å². The number of rotatable bonds is 7. The van der Waals surface area contributed by atoms with E-state index < -0.39 is 11.9 Å². The summed E-state index contributed by atoms with van der Waals surface area (Å²) in [5.74, 6) is 0.127. The van der Waals surface area contributed by atoms with E-state index in [0.717, 1.165) is 43.5 Å². The van der Waals surface area contributed by atoms with E-state index >= 15 is 0 Å². The van der Waals surface area contributed by atoms with Crippen molar-refractivity contribution in [2.45, 2.75) is 32.9 Å². The van der Waals surface area contributed by atoms with Gasteiger partial charge >= 0.3 is 5.97 Å². The first-order valence-electron chi connectivity index (χ1n) is 12.3. The zero-order chi connectivity index (χ0) is 25.7. The number of carboxylic acid groups (broad SMARTS) is 1. The van der Waals surface area contributed by atoms with Crippen LogP contribution in [0.25, 0.3) is 21.9 Å². The first kappa shape index (κ1) is 23.7. The Labute approximate surface area is 223 Å². The van der Waals surface area contributed by atoms with Crippen LogP contribution in [0.1, 0.15) is 36.8 Å². The van der Waals surface area contributed by atoms with E-state index in [-0.39, 0.29) is 11.3 Å². The van der Waals surface area contributed by atoms with Crippen molar-refractivity contribution in [1.82, 2.24) is 14.5 Å². The molecule has 0 amide bonds. The maximum Gasteiger partial charge on any atom is 0.307 e. The fourth-order valence-electron chi connectivity index (χ4n) is 5.32. The molecule has 2 atom stereocenters. The summed E-state index contributed by atoms with van der Waals surface area (Å²) in [4.78, 5) is 21.6. The third-order valence-electron chi connectivity index (χ3n) is 7.42. The Hall–Kier alpha value is -3.71. The Balaban J connectivity index is 1.33. The number of hydrogen-bond acceptors (Lipinski definition) is 4. The minimum absolute atomic E-state index is 0.154. The van der Waals surface area contributed by atoms with Gasteiger partial charge in [-0.3, -0.25) is 4.79 Å². The summed E-state index contributed by atoms with van der Waals surface area (Å²) in [5, 5.41) is 10.9. The molecule has 5 aromatic rings. The lowest BCUT2D eigenvalue weighted by atomic mass is 10.1. The minimum atomic E-state index is -0.774. The van der Waals surface area contributed by atoms with Gasteiger partial charge in [0.2, 0.25) is 0 Å². The number of aromatic nitrogens is 3. The van der Waals surface area contributed by atoms with Crippen molar-refractivity contribution in [3.05, 3.63) is 100 Å². The minimum Gasteiger partial charge on any atom is -0.487 e. The Morgan fingerprint density at radius 3 is 2.54 bits per heavy atom. The number of para-hydroxylation sites is 1. The molecule has 3 aromatic carbocycles. The molecule has 6 nitrogen and oxygen atoms in total. The molecule has 0 unspecified atom stereocenters. The van der Waals surface area contributed by atoms with Crippen molar-refractivity contribution in [1.29, 1.82) is 0 Å². The highest BCUT2D eigenvalue weighted by Crippen LogP contribution is 2.64. The summed E-state index contributed by atoms with van der Waals surface area (Å²) < 4.78 is 9.27. The molecule has 1 aliphatic rings. The van der Waals surface area contributed by atoms with Crippen LogP contribution in [0, 0.1) is 11.3 Å². The summed E-state index contributed by atoms with van der Waals surface area (Å²) in [7, 11) is 0. The highest BCUT2D eigenvalue weighted by atomic mass is 79.9. The molecule has 0 radical (unpaired) electrons. The molecule has 186 valence electrons. The largest absolute Gasteiger partial charge is 0.487 e. The molecule has 1 saturated carbocycles. The number of pyridine rings is 1. The molecule has 37 heavy (non-hydrogen) atoms. The van der Waals surface area contributed by atoms with Crippen LogP contribution >= 0.6 is 15.9 Å². The second kappa shape index (κ2) is 8.99. The second-order valence-corrected chi connectivity index (χ2v) is 11.1. The van der Waals surface area contributed by atoms with E-state index in [4.69, 9.17) is 14.7 Å². The third-order valence-corrected chi connectivity index (χ3v) is 7.95. The average molecular weight is 556 g/mol. The van der Waals surface area contributed by atoms with Crippen LogP contribution in [0.4, 0.5) is 0 Å². The lowest BCUT2D eigenvalue weighted by molar-refractivity contribution is -0.139. The zero-order valence-corrected chi connectivity index (χ0v) is 22.1. The van der Waals surface area contributed by atoms with Crippen LogP contribution in [0.15, 0.2) is 83.3 Å². The lowest BCUT2D eigenvalue weighted by Gasteiger charge is -2.11. The summed E-state index contributed by atoms with van der Waals surface area (Å²) in [6, 6.07) is 26.1. The fraction of sp³-hybridized carbons (Fsp3) is 0.233. The summed E-state index contributed by atoms with van der Waals surface area (Å²) >= 11 is 3.50.